The molecule has 7 nitrogen and oxygen atoms in total. The van der Waals surface area contributed by atoms with Crippen molar-refractivity contribution in [2.24, 2.45) is 5.10 Å². The standard InChI is InChI=1S/C24H21N5O2S/c1-17-10-9-13-19(16-17)25-27-22(23(30)31-2)32-24-28-26-21(18-11-5-3-6-12-18)29(24)20-14-7-4-8-15-20/h3-16,25H,1-2H3. The zero-order chi connectivity index (χ0) is 22.3. The van der Waals surface area contributed by atoms with Gasteiger partial charge in [-0.1, -0.05) is 60.7 Å². The van der Waals surface area contributed by atoms with E-state index >= 15 is 0 Å². The van der Waals surface area contributed by atoms with Gasteiger partial charge in [-0.3, -0.25) is 9.99 Å². The number of thioether (sulfide) groups is 1. The van der Waals surface area contributed by atoms with Crippen molar-refractivity contribution in [3.8, 4) is 17.1 Å². The van der Waals surface area contributed by atoms with Crippen LogP contribution in [0.4, 0.5) is 5.69 Å². The summed E-state index contributed by atoms with van der Waals surface area (Å²) >= 11 is 1.08. The van der Waals surface area contributed by atoms with E-state index in [4.69, 9.17) is 4.74 Å². The Kier molecular flexibility index (Phi) is 6.62. The average Bonchev–Trinajstić information content (AvgIpc) is 3.26. The number of hydrazone groups is 1. The van der Waals surface area contributed by atoms with E-state index in [1.807, 2.05) is 96.4 Å². The molecule has 0 aliphatic carbocycles. The lowest BCUT2D eigenvalue weighted by Crippen LogP contribution is -2.15. The third-order valence-corrected chi connectivity index (χ3v) is 5.43. The van der Waals surface area contributed by atoms with Crippen molar-refractivity contribution in [3.63, 3.8) is 0 Å². The van der Waals surface area contributed by atoms with Crippen LogP contribution in [0.5, 0.6) is 0 Å². The lowest BCUT2D eigenvalue weighted by atomic mass is 10.2. The first-order valence-corrected chi connectivity index (χ1v) is 10.7. The number of esters is 1. The zero-order valence-electron chi connectivity index (χ0n) is 17.6. The summed E-state index contributed by atoms with van der Waals surface area (Å²) in [6.07, 6.45) is 0. The highest BCUT2D eigenvalue weighted by Crippen LogP contribution is 2.29. The molecule has 8 heteroatoms. The summed E-state index contributed by atoms with van der Waals surface area (Å²) in [7, 11) is 1.32. The Morgan fingerprint density at radius 2 is 1.69 bits per heavy atom. The lowest BCUT2D eigenvalue weighted by molar-refractivity contribution is -0.132. The monoisotopic (exact) mass is 443 g/mol. The van der Waals surface area contributed by atoms with Crippen molar-refractivity contribution in [1.29, 1.82) is 0 Å². The molecule has 0 amide bonds. The highest BCUT2D eigenvalue weighted by atomic mass is 32.2. The first kappa shape index (κ1) is 21.3. The van der Waals surface area contributed by atoms with Crippen molar-refractivity contribution in [1.82, 2.24) is 14.8 Å². The fourth-order valence-electron chi connectivity index (χ4n) is 3.03. The van der Waals surface area contributed by atoms with Crippen LogP contribution < -0.4 is 5.43 Å². The molecule has 3 aromatic carbocycles. The van der Waals surface area contributed by atoms with Gasteiger partial charge in [-0.15, -0.1) is 10.2 Å². The lowest BCUT2D eigenvalue weighted by Gasteiger charge is -2.11. The Morgan fingerprint density at radius 3 is 2.38 bits per heavy atom. The van der Waals surface area contributed by atoms with Gasteiger partial charge in [-0.25, -0.2) is 4.79 Å². The van der Waals surface area contributed by atoms with Crippen LogP contribution in [0.1, 0.15) is 5.56 Å². The largest absolute Gasteiger partial charge is 0.464 e. The second kappa shape index (κ2) is 9.93. The molecule has 4 aromatic rings. The molecule has 0 atom stereocenters. The molecule has 1 N–H and O–H groups in total. The highest BCUT2D eigenvalue weighted by Gasteiger charge is 2.22. The molecule has 32 heavy (non-hydrogen) atoms. The summed E-state index contributed by atoms with van der Waals surface area (Å²) in [5, 5.41) is 13.6. The van der Waals surface area contributed by atoms with Gasteiger partial charge in [0.05, 0.1) is 12.8 Å². The third-order valence-electron chi connectivity index (χ3n) is 4.53. The van der Waals surface area contributed by atoms with Crippen molar-refractivity contribution in [2.75, 3.05) is 12.5 Å². The number of carbonyl (C=O) groups is 1. The summed E-state index contributed by atoms with van der Waals surface area (Å²) in [4.78, 5) is 12.5. The maximum absolute atomic E-state index is 12.5. The maximum Gasteiger partial charge on any atom is 0.365 e. The molecule has 0 spiro atoms. The number of anilines is 1. The molecule has 0 unspecified atom stereocenters. The van der Waals surface area contributed by atoms with Crippen LogP contribution in [0.15, 0.2) is 95.2 Å². The van der Waals surface area contributed by atoms with Gasteiger partial charge in [-0.05, 0) is 48.5 Å². The van der Waals surface area contributed by atoms with E-state index < -0.39 is 5.97 Å². The Hall–Kier alpha value is -3.91. The smallest absolute Gasteiger partial charge is 0.365 e. The molecule has 0 bridgehead atoms. The van der Waals surface area contributed by atoms with Crippen LogP contribution in [0, 0.1) is 6.92 Å². The fraction of sp³-hybridized carbons (Fsp3) is 0.0833. The number of nitrogens with one attached hydrogen (secondary N) is 1. The normalized spacial score (nSPS) is 11.2. The molecule has 0 saturated carbocycles. The molecule has 0 fully saturated rings. The van der Waals surface area contributed by atoms with Gasteiger partial charge >= 0.3 is 5.97 Å². The third kappa shape index (κ3) is 4.87. The van der Waals surface area contributed by atoms with Crippen LogP contribution in [0.25, 0.3) is 17.1 Å². The van der Waals surface area contributed by atoms with E-state index in [0.29, 0.717) is 11.0 Å². The van der Waals surface area contributed by atoms with Crippen LogP contribution >= 0.6 is 11.8 Å². The minimum atomic E-state index is -0.570. The van der Waals surface area contributed by atoms with Gasteiger partial charge in [-0.2, -0.15) is 5.10 Å². The number of aromatic nitrogens is 3. The summed E-state index contributed by atoms with van der Waals surface area (Å²) < 4.78 is 6.84. The Morgan fingerprint density at radius 1 is 0.969 bits per heavy atom. The second-order valence-electron chi connectivity index (χ2n) is 6.84. The van der Waals surface area contributed by atoms with Gasteiger partial charge in [0, 0.05) is 11.3 Å². The minimum absolute atomic E-state index is 0.109. The van der Waals surface area contributed by atoms with E-state index in [-0.39, 0.29) is 5.04 Å². The van der Waals surface area contributed by atoms with E-state index in [0.717, 1.165) is 34.3 Å². The van der Waals surface area contributed by atoms with E-state index in [2.05, 4.69) is 20.7 Å². The molecule has 0 aliphatic rings. The molecular formula is C24H21N5O2S. The quantitative estimate of drug-likeness (QED) is 0.155. The predicted octanol–water partition coefficient (Wildman–Crippen LogP) is 4.93. The molecule has 1 heterocycles. The number of hydrogen-bond acceptors (Lipinski definition) is 7. The fourth-order valence-corrected chi connectivity index (χ4v) is 3.83. The number of carbonyl (C=O) groups excluding carboxylic acids is 1. The van der Waals surface area contributed by atoms with Crippen LogP contribution in [-0.2, 0) is 9.53 Å². The molecule has 0 saturated heterocycles. The van der Waals surface area contributed by atoms with Gasteiger partial charge in [0.15, 0.2) is 5.82 Å². The molecule has 0 radical (unpaired) electrons. The highest BCUT2D eigenvalue weighted by molar-refractivity contribution is 8.15. The second-order valence-corrected chi connectivity index (χ2v) is 7.79. The van der Waals surface area contributed by atoms with Crippen LogP contribution in [0.2, 0.25) is 0 Å². The number of para-hydroxylation sites is 1. The van der Waals surface area contributed by atoms with Crippen LogP contribution in [-0.4, -0.2) is 32.9 Å². The van der Waals surface area contributed by atoms with Gasteiger partial charge < -0.3 is 4.74 Å². The van der Waals surface area contributed by atoms with Gasteiger partial charge in [0.1, 0.15) is 0 Å². The van der Waals surface area contributed by atoms with Crippen molar-refractivity contribution in [3.05, 3.63) is 90.5 Å². The van der Waals surface area contributed by atoms with E-state index in [9.17, 15) is 4.79 Å². The van der Waals surface area contributed by atoms with Crippen molar-refractivity contribution >= 4 is 28.5 Å². The maximum atomic E-state index is 12.5. The summed E-state index contributed by atoms with van der Waals surface area (Å²) in [5.74, 6) is 0.0918. The number of methoxy groups -OCH3 is 1. The minimum Gasteiger partial charge on any atom is -0.464 e. The Labute approximate surface area is 190 Å². The topological polar surface area (TPSA) is 81.4 Å². The Bertz CT molecular complexity index is 1240. The van der Waals surface area contributed by atoms with Gasteiger partial charge in [0.25, 0.3) is 0 Å². The number of hydrogen-bond donors (Lipinski definition) is 1. The van der Waals surface area contributed by atoms with Crippen LogP contribution in [0.3, 0.4) is 0 Å². The van der Waals surface area contributed by atoms with Gasteiger partial charge in [0.2, 0.25) is 10.2 Å². The number of nitrogens with zero attached hydrogens (tertiary/aromatic N) is 4. The molecule has 1 aromatic heterocycles. The molecule has 4 rings (SSSR count). The predicted molar refractivity (Wildman–Crippen MR) is 127 cm³/mol. The number of ether oxygens (including phenoxy) is 1. The molecular weight excluding hydrogens is 422 g/mol. The van der Waals surface area contributed by atoms with E-state index in [1.54, 1.807) is 0 Å². The summed E-state index contributed by atoms with van der Waals surface area (Å²) in [6.45, 7) is 1.98. The number of rotatable bonds is 5. The summed E-state index contributed by atoms with van der Waals surface area (Å²) in [5.41, 5.74) is 6.55. The zero-order valence-corrected chi connectivity index (χ0v) is 18.4. The van der Waals surface area contributed by atoms with E-state index in [1.165, 1.54) is 7.11 Å². The molecule has 160 valence electrons. The number of aryl methyl sites for hydroxylation is 1. The van der Waals surface area contributed by atoms with Crippen molar-refractivity contribution in [2.45, 2.75) is 12.1 Å². The number of benzene rings is 3. The first-order chi connectivity index (χ1) is 15.7. The SMILES string of the molecule is COC(=O)C(=NNc1cccc(C)c1)Sc1nnc(-c2ccccc2)n1-c1ccccc1. The Balaban J connectivity index is 1.73. The molecule has 0 aliphatic heterocycles. The average molecular weight is 444 g/mol. The van der Waals surface area contributed by atoms with Crippen molar-refractivity contribution < 1.29 is 9.53 Å². The first-order valence-electron chi connectivity index (χ1n) is 9.88. The summed E-state index contributed by atoms with van der Waals surface area (Å²) in [6, 6.07) is 27.2.